The van der Waals surface area contributed by atoms with Crippen LogP contribution in [0.2, 0.25) is 0 Å². The minimum Gasteiger partial charge on any atom is -2.00 e. The van der Waals surface area contributed by atoms with Gasteiger partial charge in [-0.2, -0.15) is 0 Å². The molecule has 0 aromatic carbocycles. The first kappa shape index (κ1) is 22.6. The van der Waals surface area contributed by atoms with Crippen molar-refractivity contribution < 1.29 is 25.3 Å². The molecule has 0 aromatic heterocycles. The van der Waals surface area contributed by atoms with Crippen LogP contribution in [0.1, 0.15) is 13.8 Å². The van der Waals surface area contributed by atoms with Gasteiger partial charge in [0.05, 0.1) is 0 Å². The second-order valence-electron chi connectivity index (χ2n) is 1.04. The second-order valence-corrected chi connectivity index (χ2v) is 1.04. The number of carbonyl (C=O) groups is 2. The molecular weight excluding hydrogens is 152 g/mol. The molecule has 0 amide bonds. The van der Waals surface area contributed by atoms with Crippen LogP contribution in [-0.4, -0.2) is 45.2 Å². The zero-order valence-electron chi connectivity index (χ0n) is 5.83. The van der Waals surface area contributed by atoms with E-state index < -0.39 is 11.9 Å². The summed E-state index contributed by atoms with van der Waals surface area (Å²) in [6, 6.07) is 0. The van der Waals surface area contributed by atoms with E-state index >= 15 is 0 Å². The Morgan fingerprint density at radius 3 is 1.00 bits per heavy atom. The fourth-order valence-corrected chi connectivity index (χ4v) is 0. The molecule has 0 atom stereocenters. The summed E-state index contributed by atoms with van der Waals surface area (Å²) in [5.41, 5.74) is 0. The van der Waals surface area contributed by atoms with E-state index in [4.69, 9.17) is 19.8 Å². The average molecular weight is 160 g/mol. The molecule has 2 N–H and O–H groups in total. The molecule has 0 aliphatic rings. The fraction of sp³-hybridized carbons (Fsp3) is 0.500. The minimum absolute atomic E-state index is 0. The summed E-state index contributed by atoms with van der Waals surface area (Å²) in [5.74, 6) is -1.67. The molecule has 0 radical (unpaired) electrons. The Balaban J connectivity index is -0.0000000300. The van der Waals surface area contributed by atoms with Gasteiger partial charge < -0.3 is 15.7 Å². The molecule has 0 saturated carbocycles. The van der Waals surface area contributed by atoms with Gasteiger partial charge in [0.15, 0.2) is 0 Å². The van der Waals surface area contributed by atoms with E-state index in [2.05, 4.69) is 0 Å². The summed E-state index contributed by atoms with van der Waals surface area (Å²) < 4.78 is 0. The third kappa shape index (κ3) is 3060. The molecular formula is C4H8MgO5. The summed E-state index contributed by atoms with van der Waals surface area (Å²) >= 11 is 0. The maximum Gasteiger partial charge on any atom is 2.00 e. The van der Waals surface area contributed by atoms with E-state index in [1.807, 2.05) is 0 Å². The van der Waals surface area contributed by atoms with Crippen LogP contribution in [0.5, 0.6) is 0 Å². The third-order valence-electron chi connectivity index (χ3n) is 0. The van der Waals surface area contributed by atoms with Crippen LogP contribution in [0.15, 0.2) is 0 Å². The van der Waals surface area contributed by atoms with Crippen molar-refractivity contribution in [1.82, 2.24) is 0 Å². The van der Waals surface area contributed by atoms with Gasteiger partial charge in [0.25, 0.3) is 11.9 Å². The van der Waals surface area contributed by atoms with Gasteiger partial charge in [0.2, 0.25) is 0 Å². The van der Waals surface area contributed by atoms with Crippen molar-refractivity contribution in [1.29, 1.82) is 0 Å². The Kier molecular flexibility index (Phi) is 35.9. The van der Waals surface area contributed by atoms with Crippen LogP contribution >= 0.6 is 0 Å². The van der Waals surface area contributed by atoms with Crippen molar-refractivity contribution in [3.63, 3.8) is 0 Å². The predicted molar refractivity (Wildman–Crippen MR) is 33.1 cm³/mol. The Bertz CT molecular complexity index is 71.6. The maximum atomic E-state index is 9.00. The average Bonchev–Trinajstić information content (AvgIpc) is 1.25. The summed E-state index contributed by atoms with van der Waals surface area (Å²) in [4.78, 5) is 18.0. The van der Waals surface area contributed by atoms with Crippen LogP contribution in [-0.2, 0) is 15.1 Å². The Morgan fingerprint density at radius 1 is 1.00 bits per heavy atom. The molecule has 5 nitrogen and oxygen atoms in total. The molecule has 0 bridgehead atoms. The van der Waals surface area contributed by atoms with Crippen molar-refractivity contribution >= 4 is 35.0 Å². The first-order valence-electron chi connectivity index (χ1n) is 1.86. The predicted octanol–water partition coefficient (Wildman–Crippen LogP) is -0.318. The van der Waals surface area contributed by atoms with Crippen molar-refractivity contribution in [2.75, 3.05) is 0 Å². The van der Waals surface area contributed by atoms with Crippen molar-refractivity contribution in [2.45, 2.75) is 13.8 Å². The number of rotatable bonds is 0. The first-order chi connectivity index (χ1) is 3.46. The quantitative estimate of drug-likeness (QED) is 0.474. The molecule has 0 heterocycles. The number of aliphatic carboxylic acids is 2. The molecule has 0 spiro atoms. The first-order valence-corrected chi connectivity index (χ1v) is 1.86. The normalized spacial score (nSPS) is 5.00. The smallest absolute Gasteiger partial charge is 2.00 e. The van der Waals surface area contributed by atoms with Gasteiger partial charge in [-0.15, -0.1) is 0 Å². The number of carboxylic acid groups (broad SMARTS) is 2. The van der Waals surface area contributed by atoms with Crippen LogP contribution in [0.4, 0.5) is 0 Å². The van der Waals surface area contributed by atoms with Crippen molar-refractivity contribution in [3.05, 3.63) is 0 Å². The molecule has 0 fully saturated rings. The SMILES string of the molecule is CC(=O)O.CC(=O)O.[Mg+2].[O-2]. The zero-order valence-corrected chi connectivity index (χ0v) is 7.24. The van der Waals surface area contributed by atoms with Gasteiger partial charge in [-0.1, -0.05) is 0 Å². The monoisotopic (exact) mass is 160 g/mol. The van der Waals surface area contributed by atoms with Crippen molar-refractivity contribution in [3.8, 4) is 0 Å². The third-order valence-corrected chi connectivity index (χ3v) is 0. The molecule has 0 rings (SSSR count). The van der Waals surface area contributed by atoms with Gasteiger partial charge >= 0.3 is 23.1 Å². The molecule has 56 valence electrons. The second kappa shape index (κ2) is 15.9. The number of hydrogen-bond donors (Lipinski definition) is 2. The maximum absolute atomic E-state index is 9.00. The molecule has 0 aliphatic carbocycles. The van der Waals surface area contributed by atoms with Gasteiger partial charge in [0.1, 0.15) is 0 Å². The fourth-order valence-electron chi connectivity index (χ4n) is 0. The van der Waals surface area contributed by atoms with E-state index in [1.54, 1.807) is 0 Å². The Labute approximate surface area is 74.5 Å². The number of hydrogen-bond acceptors (Lipinski definition) is 2. The summed E-state index contributed by atoms with van der Waals surface area (Å²) in [6.07, 6.45) is 0. The van der Waals surface area contributed by atoms with E-state index in [9.17, 15) is 0 Å². The largest absolute Gasteiger partial charge is 2.00 e. The van der Waals surface area contributed by atoms with Crippen LogP contribution in [0.3, 0.4) is 0 Å². The van der Waals surface area contributed by atoms with E-state index in [0.717, 1.165) is 13.8 Å². The minimum atomic E-state index is -0.833. The summed E-state index contributed by atoms with van der Waals surface area (Å²) in [6.45, 7) is 2.17. The zero-order chi connectivity index (χ0) is 7.15. The molecule has 10 heavy (non-hydrogen) atoms. The molecule has 0 aromatic rings. The summed E-state index contributed by atoms with van der Waals surface area (Å²) in [7, 11) is 0. The topological polar surface area (TPSA) is 103 Å². The van der Waals surface area contributed by atoms with Crippen molar-refractivity contribution in [2.24, 2.45) is 0 Å². The standard InChI is InChI=1S/2C2H4O2.Mg.O/c2*1-2(3)4;;/h2*1H3,(H,3,4);;/q;;+2;-2. The van der Waals surface area contributed by atoms with Crippen LogP contribution in [0, 0.1) is 0 Å². The van der Waals surface area contributed by atoms with Gasteiger partial charge in [-0.25, -0.2) is 0 Å². The molecule has 0 unspecified atom stereocenters. The molecule has 6 heteroatoms. The van der Waals surface area contributed by atoms with Gasteiger partial charge in [-0.3, -0.25) is 9.59 Å². The van der Waals surface area contributed by atoms with E-state index in [0.29, 0.717) is 0 Å². The van der Waals surface area contributed by atoms with Crippen LogP contribution in [0.25, 0.3) is 0 Å². The Morgan fingerprint density at radius 2 is 1.00 bits per heavy atom. The van der Waals surface area contributed by atoms with Gasteiger partial charge in [-0.05, 0) is 0 Å². The summed E-state index contributed by atoms with van der Waals surface area (Å²) in [5, 5.41) is 14.8. The van der Waals surface area contributed by atoms with E-state index in [-0.39, 0.29) is 28.5 Å². The molecule has 0 saturated heterocycles. The van der Waals surface area contributed by atoms with E-state index in [1.165, 1.54) is 0 Å². The van der Waals surface area contributed by atoms with Gasteiger partial charge in [0, 0.05) is 13.8 Å². The number of carboxylic acids is 2. The molecule has 0 aliphatic heterocycles. The van der Waals surface area contributed by atoms with Crippen LogP contribution < -0.4 is 0 Å². The Hall–Kier alpha value is -0.334.